The highest BCUT2D eigenvalue weighted by Gasteiger charge is 2.07. The van der Waals surface area contributed by atoms with Gasteiger partial charge in [0.1, 0.15) is 12.4 Å². The van der Waals surface area contributed by atoms with Crippen molar-refractivity contribution in [2.45, 2.75) is 20.1 Å². The van der Waals surface area contributed by atoms with E-state index in [0.29, 0.717) is 18.2 Å². The molecule has 0 atom stereocenters. The van der Waals surface area contributed by atoms with E-state index in [0.717, 1.165) is 16.8 Å². The number of aromatic carboxylic acids is 1. The zero-order chi connectivity index (χ0) is 22.3. The van der Waals surface area contributed by atoms with Gasteiger partial charge in [-0.25, -0.2) is 14.8 Å². The second-order valence-corrected chi connectivity index (χ2v) is 7.37. The van der Waals surface area contributed by atoms with Crippen molar-refractivity contribution in [2.24, 2.45) is 0 Å². The molecule has 0 aliphatic carbocycles. The fraction of sp³-hybridized carbons (Fsp3) is 0.115. The van der Waals surface area contributed by atoms with Gasteiger partial charge in [-0.1, -0.05) is 48.5 Å². The fourth-order valence-electron chi connectivity index (χ4n) is 3.29. The number of rotatable bonds is 8. The highest BCUT2D eigenvalue weighted by molar-refractivity contribution is 5.87. The van der Waals surface area contributed by atoms with Crippen LogP contribution in [0.15, 0.2) is 85.1 Å². The molecule has 6 heteroatoms. The molecule has 1 aromatic heterocycles. The van der Waals surface area contributed by atoms with Crippen molar-refractivity contribution in [1.29, 1.82) is 0 Å². The monoisotopic (exact) mass is 425 g/mol. The summed E-state index contributed by atoms with van der Waals surface area (Å²) in [7, 11) is 0. The van der Waals surface area contributed by atoms with Gasteiger partial charge in [-0.15, -0.1) is 0 Å². The summed E-state index contributed by atoms with van der Waals surface area (Å²) in [6, 6.07) is 24.4. The number of nitrogens with zero attached hydrogens (tertiary/aromatic N) is 2. The first-order chi connectivity index (χ1) is 15.6. The molecule has 2 N–H and O–H groups in total. The molecule has 0 amide bonds. The van der Waals surface area contributed by atoms with Crippen molar-refractivity contribution in [3.63, 3.8) is 0 Å². The van der Waals surface area contributed by atoms with Gasteiger partial charge in [-0.3, -0.25) is 0 Å². The van der Waals surface area contributed by atoms with Crippen LogP contribution in [0, 0.1) is 6.92 Å². The first kappa shape index (κ1) is 21.1. The number of nitrogens with one attached hydrogen (secondary N) is 1. The predicted octanol–water partition coefficient (Wildman–Crippen LogP) is 5.34. The van der Waals surface area contributed by atoms with Gasteiger partial charge in [0, 0.05) is 18.3 Å². The van der Waals surface area contributed by atoms with E-state index in [1.54, 1.807) is 24.4 Å². The Labute approximate surface area is 186 Å². The fourth-order valence-corrected chi connectivity index (χ4v) is 3.29. The van der Waals surface area contributed by atoms with Crippen LogP contribution in [0.25, 0.3) is 11.3 Å². The average molecular weight is 425 g/mol. The van der Waals surface area contributed by atoms with Crippen LogP contribution in [-0.4, -0.2) is 21.0 Å². The lowest BCUT2D eigenvalue weighted by molar-refractivity contribution is 0.0696. The molecule has 0 spiro atoms. The molecule has 0 radical (unpaired) electrons. The number of carboxylic acid groups (broad SMARTS) is 1. The molecule has 0 unspecified atom stereocenters. The molecule has 0 saturated heterocycles. The predicted molar refractivity (Wildman–Crippen MR) is 124 cm³/mol. The molecule has 4 rings (SSSR count). The molecule has 0 bridgehead atoms. The van der Waals surface area contributed by atoms with Gasteiger partial charge >= 0.3 is 5.97 Å². The van der Waals surface area contributed by atoms with E-state index >= 15 is 0 Å². The van der Waals surface area contributed by atoms with Crippen LogP contribution in [0.5, 0.6) is 5.75 Å². The van der Waals surface area contributed by atoms with Crippen LogP contribution in [0.3, 0.4) is 0 Å². The van der Waals surface area contributed by atoms with E-state index in [2.05, 4.69) is 34.3 Å². The van der Waals surface area contributed by atoms with Crippen molar-refractivity contribution in [2.75, 3.05) is 5.32 Å². The first-order valence-corrected chi connectivity index (χ1v) is 10.3. The first-order valence-electron chi connectivity index (χ1n) is 10.3. The van der Waals surface area contributed by atoms with Crippen LogP contribution in [0.2, 0.25) is 0 Å². The van der Waals surface area contributed by atoms with E-state index in [-0.39, 0.29) is 12.2 Å². The maximum atomic E-state index is 11.1. The topological polar surface area (TPSA) is 84.3 Å². The summed E-state index contributed by atoms with van der Waals surface area (Å²) >= 11 is 0. The van der Waals surface area contributed by atoms with E-state index in [1.807, 2.05) is 48.5 Å². The SMILES string of the molecule is Cc1ccccc1CNc1nccc(-c2cccc(OCc3cccc(C(=O)O)c3)c2)n1. The number of hydrogen-bond donors (Lipinski definition) is 2. The smallest absolute Gasteiger partial charge is 0.335 e. The molecular weight excluding hydrogens is 402 g/mol. The maximum absolute atomic E-state index is 11.1. The zero-order valence-electron chi connectivity index (χ0n) is 17.7. The lowest BCUT2D eigenvalue weighted by Gasteiger charge is -2.10. The van der Waals surface area contributed by atoms with Crippen LogP contribution in [0.4, 0.5) is 5.95 Å². The Bertz CT molecular complexity index is 1240. The third-order valence-corrected chi connectivity index (χ3v) is 5.06. The van der Waals surface area contributed by atoms with Gasteiger partial charge in [-0.05, 0) is 53.9 Å². The molecule has 160 valence electrons. The third-order valence-electron chi connectivity index (χ3n) is 5.06. The van der Waals surface area contributed by atoms with Gasteiger partial charge in [0.15, 0.2) is 0 Å². The Balaban J connectivity index is 1.45. The van der Waals surface area contributed by atoms with Gasteiger partial charge in [-0.2, -0.15) is 0 Å². The molecule has 0 fully saturated rings. The molecule has 1 heterocycles. The summed E-state index contributed by atoms with van der Waals surface area (Å²) in [6.07, 6.45) is 1.73. The van der Waals surface area contributed by atoms with Crippen molar-refractivity contribution >= 4 is 11.9 Å². The maximum Gasteiger partial charge on any atom is 0.335 e. The molecular formula is C26H23N3O3. The second-order valence-electron chi connectivity index (χ2n) is 7.37. The molecule has 4 aromatic rings. The normalized spacial score (nSPS) is 10.5. The summed E-state index contributed by atoms with van der Waals surface area (Å²) in [4.78, 5) is 20.1. The van der Waals surface area contributed by atoms with Gasteiger partial charge in [0.05, 0.1) is 11.3 Å². The summed E-state index contributed by atoms with van der Waals surface area (Å²) in [5.41, 5.74) is 5.14. The quantitative estimate of drug-likeness (QED) is 0.396. The number of carbonyl (C=O) groups is 1. The number of ether oxygens (including phenoxy) is 1. The molecule has 6 nitrogen and oxygen atoms in total. The van der Waals surface area contributed by atoms with E-state index < -0.39 is 5.97 Å². The van der Waals surface area contributed by atoms with Crippen molar-refractivity contribution in [1.82, 2.24) is 9.97 Å². The second kappa shape index (κ2) is 9.75. The lowest BCUT2D eigenvalue weighted by atomic mass is 10.1. The minimum Gasteiger partial charge on any atom is -0.489 e. The van der Waals surface area contributed by atoms with Gasteiger partial charge < -0.3 is 15.2 Å². The minimum atomic E-state index is -0.954. The summed E-state index contributed by atoms with van der Waals surface area (Å²) in [5, 5.41) is 12.4. The van der Waals surface area contributed by atoms with Crippen LogP contribution >= 0.6 is 0 Å². The Morgan fingerprint density at radius 3 is 2.69 bits per heavy atom. The Hall–Kier alpha value is -4.19. The number of benzene rings is 3. The van der Waals surface area contributed by atoms with E-state index in [1.165, 1.54) is 11.1 Å². The molecule has 0 aliphatic rings. The third kappa shape index (κ3) is 5.29. The largest absolute Gasteiger partial charge is 0.489 e. The molecule has 0 saturated carbocycles. The molecule has 0 aliphatic heterocycles. The number of carboxylic acids is 1. The summed E-state index contributed by atoms with van der Waals surface area (Å²) < 4.78 is 5.89. The van der Waals surface area contributed by atoms with Gasteiger partial charge in [0.25, 0.3) is 0 Å². The van der Waals surface area contributed by atoms with E-state index in [9.17, 15) is 4.79 Å². The average Bonchev–Trinajstić information content (AvgIpc) is 2.83. The van der Waals surface area contributed by atoms with Crippen molar-refractivity contribution in [3.8, 4) is 17.0 Å². The lowest BCUT2D eigenvalue weighted by Crippen LogP contribution is -2.05. The molecule has 32 heavy (non-hydrogen) atoms. The Kier molecular flexibility index (Phi) is 6.41. The van der Waals surface area contributed by atoms with E-state index in [4.69, 9.17) is 9.84 Å². The zero-order valence-corrected chi connectivity index (χ0v) is 17.7. The Morgan fingerprint density at radius 2 is 1.84 bits per heavy atom. The van der Waals surface area contributed by atoms with Crippen LogP contribution in [0.1, 0.15) is 27.0 Å². The number of aryl methyl sites for hydroxylation is 1. The molecule has 3 aromatic carbocycles. The summed E-state index contributed by atoms with van der Waals surface area (Å²) in [5.74, 6) is 0.281. The van der Waals surface area contributed by atoms with Crippen molar-refractivity contribution in [3.05, 3.63) is 107 Å². The number of aromatic nitrogens is 2. The Morgan fingerprint density at radius 1 is 1.00 bits per heavy atom. The number of anilines is 1. The van der Waals surface area contributed by atoms with Crippen LogP contribution in [-0.2, 0) is 13.2 Å². The minimum absolute atomic E-state index is 0.242. The highest BCUT2D eigenvalue weighted by atomic mass is 16.5. The van der Waals surface area contributed by atoms with Crippen molar-refractivity contribution < 1.29 is 14.6 Å². The van der Waals surface area contributed by atoms with Gasteiger partial charge in [0.2, 0.25) is 5.95 Å². The standard InChI is InChI=1S/C26H23N3O3/c1-18-6-2-3-8-22(18)16-28-26-27-13-12-24(29-26)20-9-5-11-23(15-20)32-17-19-7-4-10-21(14-19)25(30)31/h2-15H,16-17H2,1H3,(H,30,31)(H,27,28,29). The highest BCUT2D eigenvalue weighted by Crippen LogP contribution is 2.24. The number of hydrogen-bond acceptors (Lipinski definition) is 5. The van der Waals surface area contributed by atoms with Crippen LogP contribution < -0.4 is 10.1 Å². The summed E-state index contributed by atoms with van der Waals surface area (Å²) in [6.45, 7) is 3.00.